The summed E-state index contributed by atoms with van der Waals surface area (Å²) in [4.78, 5) is 25.9. The molecule has 2 aromatic rings. The normalized spacial score (nSPS) is 28.4. The molecule has 5 unspecified atom stereocenters. The van der Waals surface area contributed by atoms with Crippen LogP contribution in [-0.4, -0.2) is 83.9 Å². The number of hydrogen-bond donors (Lipinski definition) is 0. The van der Waals surface area contributed by atoms with Crippen LogP contribution in [0.15, 0.2) is 30.3 Å². The van der Waals surface area contributed by atoms with Crippen molar-refractivity contribution in [2.24, 2.45) is 0 Å². The molecule has 1 saturated heterocycles. The van der Waals surface area contributed by atoms with Gasteiger partial charge in [0.15, 0.2) is 18.3 Å². The van der Waals surface area contributed by atoms with Crippen LogP contribution in [0.1, 0.15) is 11.5 Å². The molecule has 2 aliphatic rings. The van der Waals surface area contributed by atoms with Gasteiger partial charge in [0.05, 0.1) is 7.11 Å². The maximum Gasteiger partial charge on any atom is 0.338 e. The van der Waals surface area contributed by atoms with Crippen molar-refractivity contribution in [3.05, 3.63) is 35.9 Å². The van der Waals surface area contributed by atoms with Gasteiger partial charge in [-0.2, -0.15) is 0 Å². The number of methoxy groups -OCH3 is 3. The van der Waals surface area contributed by atoms with Crippen LogP contribution < -0.4 is 9.64 Å². The zero-order valence-corrected chi connectivity index (χ0v) is 20.2. The lowest BCUT2D eigenvalue weighted by Gasteiger charge is -2.43. The third-order valence-corrected chi connectivity index (χ3v) is 6.83. The summed E-state index contributed by atoms with van der Waals surface area (Å²) < 4.78 is 33.5. The Bertz CT molecular complexity index is 1050. The number of anilines is 1. The number of rotatable bonds is 8. The van der Waals surface area contributed by atoms with Crippen molar-refractivity contribution >= 4 is 40.5 Å². The third kappa shape index (κ3) is 4.17. The van der Waals surface area contributed by atoms with Crippen molar-refractivity contribution in [1.82, 2.24) is 0 Å². The second-order valence-corrected chi connectivity index (χ2v) is 8.56. The smallest absolute Gasteiger partial charge is 0.338 e. The summed E-state index contributed by atoms with van der Waals surface area (Å²) in [6.07, 6.45) is -5.09. The fourth-order valence-corrected chi connectivity index (χ4v) is 5.15. The molecule has 10 heteroatoms. The number of likely N-dealkylation sites (N-methyl/N-ethyl adjacent to an activating group) is 1. The van der Waals surface area contributed by atoms with Gasteiger partial charge in [-0.1, -0.05) is 24.3 Å². The van der Waals surface area contributed by atoms with Crippen molar-refractivity contribution in [2.75, 3.05) is 45.7 Å². The number of esters is 1. The van der Waals surface area contributed by atoms with Gasteiger partial charge in [-0.15, -0.1) is 11.6 Å². The van der Waals surface area contributed by atoms with E-state index in [4.69, 9.17) is 40.0 Å². The molecular weight excluding hydrogens is 466 g/mol. The number of fused-ring (bicyclic) bond motifs is 3. The average molecular weight is 494 g/mol. The van der Waals surface area contributed by atoms with E-state index < -0.39 is 36.7 Å². The summed E-state index contributed by atoms with van der Waals surface area (Å²) in [6, 6.07) is 9.81. The lowest BCUT2D eigenvalue weighted by Crippen LogP contribution is -2.63. The molecule has 1 fully saturated rings. The molecule has 0 saturated carbocycles. The molecule has 0 spiro atoms. The quantitative estimate of drug-likeness (QED) is 0.312. The maximum atomic E-state index is 12.5. The molecule has 0 amide bonds. The Hall–Kier alpha value is -2.59. The summed E-state index contributed by atoms with van der Waals surface area (Å²) >= 11 is 6.27. The van der Waals surface area contributed by atoms with Crippen LogP contribution in [0, 0.1) is 0 Å². The first-order chi connectivity index (χ1) is 16.5. The van der Waals surface area contributed by atoms with Gasteiger partial charge in [0.25, 0.3) is 6.47 Å². The van der Waals surface area contributed by atoms with Crippen molar-refractivity contribution < 1.29 is 38.0 Å². The predicted molar refractivity (Wildman–Crippen MR) is 125 cm³/mol. The lowest BCUT2D eigenvalue weighted by atomic mass is 9.95. The second kappa shape index (κ2) is 10.4. The van der Waals surface area contributed by atoms with Crippen molar-refractivity contribution in [2.45, 2.75) is 36.6 Å². The van der Waals surface area contributed by atoms with Gasteiger partial charge in [0.2, 0.25) is 6.29 Å². The second-order valence-electron chi connectivity index (χ2n) is 8.25. The van der Waals surface area contributed by atoms with Crippen LogP contribution in [-0.2, 0) is 33.3 Å². The Kier molecular flexibility index (Phi) is 7.47. The zero-order valence-electron chi connectivity index (χ0n) is 19.4. The standard InChI is InChI=1S/C24H28ClNO8/c1-26-11-13(10-25)18-15-8-6-5-7-14(15)17(9-16(18)26)33-24-22(30-3)20(32-12-27)19(29-2)21(34-24)23(28)31-4/h5-9,12-13,19-22,24H,10-11H2,1-4H3/t13-,19?,20?,21?,22?,24?/m1/s1. The van der Waals surface area contributed by atoms with E-state index >= 15 is 0 Å². The van der Waals surface area contributed by atoms with Crippen LogP contribution >= 0.6 is 11.6 Å². The molecule has 4 rings (SSSR count). The van der Waals surface area contributed by atoms with E-state index in [2.05, 4.69) is 4.90 Å². The number of halogens is 1. The Morgan fingerprint density at radius 3 is 2.47 bits per heavy atom. The summed E-state index contributed by atoms with van der Waals surface area (Å²) in [6.45, 7) is 1.08. The van der Waals surface area contributed by atoms with Crippen LogP contribution in [0.5, 0.6) is 5.75 Å². The lowest BCUT2D eigenvalue weighted by molar-refractivity contribution is -0.282. The van der Waals surface area contributed by atoms with Gasteiger partial charge in [0.1, 0.15) is 11.9 Å². The highest BCUT2D eigenvalue weighted by molar-refractivity contribution is 6.18. The Morgan fingerprint density at radius 2 is 1.85 bits per heavy atom. The Labute approximate surface area is 202 Å². The number of ether oxygens (including phenoxy) is 6. The van der Waals surface area contributed by atoms with Crippen LogP contribution in [0.3, 0.4) is 0 Å². The highest BCUT2D eigenvalue weighted by Gasteiger charge is 2.52. The monoisotopic (exact) mass is 493 g/mol. The number of alkyl halides is 1. The molecule has 0 N–H and O–H groups in total. The molecule has 2 aliphatic heterocycles. The molecule has 184 valence electrons. The number of carbonyl (C=O) groups is 2. The summed E-state index contributed by atoms with van der Waals surface area (Å²) in [5.41, 5.74) is 2.17. The largest absolute Gasteiger partial charge is 0.467 e. The van der Waals surface area contributed by atoms with Gasteiger partial charge in [-0.05, 0) is 10.9 Å². The first-order valence-corrected chi connectivity index (χ1v) is 11.4. The molecular formula is C24H28ClNO8. The van der Waals surface area contributed by atoms with Crippen LogP contribution in [0.4, 0.5) is 5.69 Å². The molecule has 0 radical (unpaired) electrons. The van der Waals surface area contributed by atoms with E-state index in [1.807, 2.05) is 37.4 Å². The fourth-order valence-electron chi connectivity index (χ4n) is 4.90. The highest BCUT2D eigenvalue weighted by Crippen LogP contribution is 2.45. The molecule has 9 nitrogen and oxygen atoms in total. The first kappa shape index (κ1) is 24.5. The van der Waals surface area contributed by atoms with E-state index in [9.17, 15) is 9.59 Å². The first-order valence-electron chi connectivity index (χ1n) is 10.9. The number of nitrogens with zero attached hydrogens (tertiary/aromatic N) is 1. The van der Waals surface area contributed by atoms with E-state index in [1.54, 1.807) is 0 Å². The zero-order chi connectivity index (χ0) is 24.4. The fraction of sp³-hybridized carbons (Fsp3) is 0.500. The van der Waals surface area contributed by atoms with E-state index in [1.165, 1.54) is 26.9 Å². The molecule has 2 heterocycles. The van der Waals surface area contributed by atoms with Gasteiger partial charge in [0, 0.05) is 56.7 Å². The van der Waals surface area contributed by atoms with Gasteiger partial charge in [-0.3, -0.25) is 4.79 Å². The Balaban J connectivity index is 1.77. The minimum Gasteiger partial charge on any atom is -0.467 e. The van der Waals surface area contributed by atoms with Crippen molar-refractivity contribution in [3.8, 4) is 5.75 Å². The number of carbonyl (C=O) groups excluding carboxylic acids is 2. The predicted octanol–water partition coefficient (Wildman–Crippen LogP) is 2.46. The molecule has 0 aromatic heterocycles. The van der Waals surface area contributed by atoms with Crippen molar-refractivity contribution in [3.63, 3.8) is 0 Å². The van der Waals surface area contributed by atoms with E-state index in [0.29, 0.717) is 11.6 Å². The molecule has 0 aliphatic carbocycles. The van der Waals surface area contributed by atoms with Crippen molar-refractivity contribution in [1.29, 1.82) is 0 Å². The molecule has 0 bridgehead atoms. The summed E-state index contributed by atoms with van der Waals surface area (Å²) in [7, 11) is 6.07. The summed E-state index contributed by atoms with van der Waals surface area (Å²) in [5.74, 6) is 0.545. The summed E-state index contributed by atoms with van der Waals surface area (Å²) in [5, 5.41) is 1.89. The Morgan fingerprint density at radius 1 is 1.15 bits per heavy atom. The maximum absolute atomic E-state index is 12.5. The topological polar surface area (TPSA) is 92.8 Å². The highest BCUT2D eigenvalue weighted by atomic mass is 35.5. The van der Waals surface area contributed by atoms with Crippen LogP contribution in [0.2, 0.25) is 0 Å². The minimum absolute atomic E-state index is 0.190. The molecule has 2 aromatic carbocycles. The molecule has 6 atom stereocenters. The number of benzene rings is 2. The third-order valence-electron chi connectivity index (χ3n) is 6.46. The van der Waals surface area contributed by atoms with Gasteiger partial charge in [-0.25, -0.2) is 4.79 Å². The van der Waals surface area contributed by atoms with E-state index in [-0.39, 0.29) is 12.4 Å². The SMILES string of the molecule is COC(=O)C1OC(Oc2cc3c(c4ccccc24)[C@H](CCl)CN3C)C(OC)C(OC=O)C1OC. The van der Waals surface area contributed by atoms with E-state index in [0.717, 1.165) is 23.0 Å². The molecule has 34 heavy (non-hydrogen) atoms. The van der Waals surface area contributed by atoms with Gasteiger partial charge < -0.3 is 33.3 Å². The van der Waals surface area contributed by atoms with Crippen LogP contribution in [0.25, 0.3) is 10.8 Å². The van der Waals surface area contributed by atoms with Gasteiger partial charge >= 0.3 is 5.97 Å². The number of hydrogen-bond acceptors (Lipinski definition) is 9. The average Bonchev–Trinajstić information content (AvgIpc) is 3.19. The minimum atomic E-state index is -1.19.